The van der Waals surface area contributed by atoms with Gasteiger partial charge in [0.25, 0.3) is 5.56 Å². The Kier molecular flexibility index (Phi) is 3.51. The van der Waals surface area contributed by atoms with Gasteiger partial charge in [-0.05, 0) is 44.6 Å². The highest BCUT2D eigenvalue weighted by Gasteiger charge is 2.33. The Morgan fingerprint density at radius 2 is 1.77 bits per heavy atom. The second-order valence-corrected chi connectivity index (χ2v) is 7.00. The van der Waals surface area contributed by atoms with E-state index < -0.39 is 0 Å². The van der Waals surface area contributed by atoms with Crippen LogP contribution in [-0.2, 0) is 4.79 Å². The van der Waals surface area contributed by atoms with Crippen LogP contribution in [0.2, 0.25) is 0 Å². The van der Waals surface area contributed by atoms with Crippen molar-refractivity contribution >= 4 is 5.91 Å². The summed E-state index contributed by atoms with van der Waals surface area (Å²) in [6, 6.07) is 3.69. The van der Waals surface area contributed by atoms with Crippen LogP contribution >= 0.6 is 0 Å². The minimum absolute atomic E-state index is 0.00632. The van der Waals surface area contributed by atoms with Crippen LogP contribution in [0.4, 0.5) is 0 Å². The maximum absolute atomic E-state index is 12.3. The maximum atomic E-state index is 12.3. The number of rotatable bonds is 3. The number of hydrogen-bond acceptors (Lipinski definition) is 3. The molecule has 1 aromatic rings. The zero-order valence-electron chi connectivity index (χ0n) is 12.9. The van der Waals surface area contributed by atoms with Crippen LogP contribution in [0, 0.1) is 5.92 Å². The van der Waals surface area contributed by atoms with Gasteiger partial charge in [-0.15, -0.1) is 0 Å². The van der Waals surface area contributed by atoms with Crippen LogP contribution in [0.1, 0.15) is 62.6 Å². The van der Waals surface area contributed by atoms with Crippen LogP contribution in [0.15, 0.2) is 16.9 Å². The van der Waals surface area contributed by atoms with E-state index in [1.54, 1.807) is 10.7 Å². The van der Waals surface area contributed by atoms with Crippen molar-refractivity contribution in [3.05, 3.63) is 28.2 Å². The van der Waals surface area contributed by atoms with Crippen LogP contribution in [0.3, 0.4) is 0 Å². The van der Waals surface area contributed by atoms with E-state index in [0.29, 0.717) is 11.8 Å². The minimum Gasteiger partial charge on any atom is -0.342 e. The van der Waals surface area contributed by atoms with Crippen LogP contribution < -0.4 is 5.56 Å². The molecular weight excluding hydrogens is 278 g/mol. The zero-order valence-corrected chi connectivity index (χ0v) is 12.9. The maximum Gasteiger partial charge on any atom is 0.267 e. The number of likely N-dealkylation sites (tertiary alicyclic amines) is 1. The molecule has 5 nitrogen and oxygen atoms in total. The van der Waals surface area contributed by atoms with Crippen molar-refractivity contribution in [3.63, 3.8) is 0 Å². The molecule has 3 aliphatic rings. The fraction of sp³-hybridized carbons (Fsp3) is 0.706. The lowest BCUT2D eigenvalue weighted by atomic mass is 9.84. The molecule has 2 heterocycles. The number of aromatic nitrogens is 2. The quantitative estimate of drug-likeness (QED) is 0.859. The summed E-state index contributed by atoms with van der Waals surface area (Å²) in [5.41, 5.74) is 1.06. The van der Waals surface area contributed by atoms with Gasteiger partial charge in [0.1, 0.15) is 0 Å². The second kappa shape index (κ2) is 5.52. The van der Waals surface area contributed by atoms with E-state index in [0.717, 1.165) is 44.5 Å². The largest absolute Gasteiger partial charge is 0.342 e. The number of nitrogens with zero attached hydrogens (tertiary/aromatic N) is 3. The van der Waals surface area contributed by atoms with Gasteiger partial charge in [0, 0.05) is 31.0 Å². The Morgan fingerprint density at radius 3 is 2.36 bits per heavy atom. The van der Waals surface area contributed by atoms with Gasteiger partial charge in [-0.2, -0.15) is 5.10 Å². The van der Waals surface area contributed by atoms with E-state index in [1.807, 2.05) is 11.0 Å². The molecule has 22 heavy (non-hydrogen) atoms. The average molecular weight is 301 g/mol. The van der Waals surface area contributed by atoms with Gasteiger partial charge in [0.2, 0.25) is 5.91 Å². The minimum atomic E-state index is -0.00632. The molecule has 1 aromatic heterocycles. The third-order valence-electron chi connectivity index (χ3n) is 5.42. The highest BCUT2D eigenvalue weighted by atomic mass is 16.2. The molecule has 4 rings (SSSR count). The molecule has 118 valence electrons. The lowest BCUT2D eigenvalue weighted by Crippen LogP contribution is -2.45. The zero-order chi connectivity index (χ0) is 15.1. The van der Waals surface area contributed by atoms with Gasteiger partial charge in [-0.1, -0.05) is 6.42 Å². The molecule has 1 saturated heterocycles. The summed E-state index contributed by atoms with van der Waals surface area (Å²) < 4.78 is 1.68. The Morgan fingerprint density at radius 1 is 1.05 bits per heavy atom. The fourth-order valence-electron chi connectivity index (χ4n) is 3.54. The first-order valence-corrected chi connectivity index (χ1v) is 8.61. The molecule has 0 aromatic carbocycles. The van der Waals surface area contributed by atoms with Crippen LogP contribution in [-0.4, -0.2) is 33.7 Å². The second-order valence-electron chi connectivity index (χ2n) is 7.00. The number of carbonyl (C=O) groups is 1. The normalized spacial score (nSPS) is 23.4. The van der Waals surface area contributed by atoms with Crippen molar-refractivity contribution in [2.24, 2.45) is 5.92 Å². The molecule has 1 aliphatic heterocycles. The van der Waals surface area contributed by atoms with E-state index >= 15 is 0 Å². The van der Waals surface area contributed by atoms with E-state index in [-0.39, 0.29) is 17.5 Å². The van der Waals surface area contributed by atoms with Gasteiger partial charge in [-0.3, -0.25) is 9.59 Å². The molecule has 3 fully saturated rings. The molecule has 0 N–H and O–H groups in total. The summed E-state index contributed by atoms with van der Waals surface area (Å²) in [6.07, 6.45) is 7.39. The standard InChI is InChI=1S/C17H23N3O2/c21-16-7-6-15(12-4-5-12)18-20(16)14-8-10-19(11-9-14)17(22)13-2-1-3-13/h6-7,12-14H,1-5,8-11H2. The highest BCUT2D eigenvalue weighted by molar-refractivity contribution is 5.79. The Balaban J connectivity index is 1.43. The fourth-order valence-corrected chi connectivity index (χ4v) is 3.54. The molecular formula is C17H23N3O2. The van der Waals surface area contributed by atoms with E-state index in [9.17, 15) is 9.59 Å². The van der Waals surface area contributed by atoms with E-state index in [4.69, 9.17) is 0 Å². The third kappa shape index (κ3) is 2.57. The van der Waals surface area contributed by atoms with Gasteiger partial charge < -0.3 is 4.90 Å². The first kappa shape index (κ1) is 14.0. The molecule has 0 unspecified atom stereocenters. The van der Waals surface area contributed by atoms with Crippen molar-refractivity contribution in [1.29, 1.82) is 0 Å². The predicted molar refractivity (Wildman–Crippen MR) is 82.7 cm³/mol. The molecule has 1 amide bonds. The number of amides is 1. The molecule has 5 heteroatoms. The summed E-state index contributed by atoms with van der Waals surface area (Å²) in [5.74, 6) is 1.17. The van der Waals surface area contributed by atoms with Crippen molar-refractivity contribution < 1.29 is 4.79 Å². The van der Waals surface area contributed by atoms with Crippen molar-refractivity contribution in [1.82, 2.24) is 14.7 Å². The Hall–Kier alpha value is -1.65. The van der Waals surface area contributed by atoms with Gasteiger partial charge in [0.15, 0.2) is 0 Å². The molecule has 2 saturated carbocycles. The monoisotopic (exact) mass is 301 g/mol. The summed E-state index contributed by atoms with van der Waals surface area (Å²) in [7, 11) is 0. The molecule has 0 bridgehead atoms. The van der Waals surface area contributed by atoms with Crippen LogP contribution in [0.5, 0.6) is 0 Å². The number of piperidine rings is 1. The Labute approximate surface area is 130 Å². The van der Waals surface area contributed by atoms with Crippen molar-refractivity contribution in [3.8, 4) is 0 Å². The predicted octanol–water partition coefficient (Wildman–Crippen LogP) is 2.08. The van der Waals surface area contributed by atoms with Gasteiger partial charge in [-0.25, -0.2) is 4.68 Å². The summed E-state index contributed by atoms with van der Waals surface area (Å²) >= 11 is 0. The summed E-state index contributed by atoms with van der Waals surface area (Å²) in [6.45, 7) is 1.53. The summed E-state index contributed by atoms with van der Waals surface area (Å²) in [5, 5.41) is 4.59. The lowest BCUT2D eigenvalue weighted by molar-refractivity contribution is -0.139. The van der Waals surface area contributed by atoms with Gasteiger partial charge >= 0.3 is 0 Å². The third-order valence-corrected chi connectivity index (χ3v) is 5.42. The molecule has 0 spiro atoms. The van der Waals surface area contributed by atoms with E-state index in [2.05, 4.69) is 5.10 Å². The molecule has 0 atom stereocenters. The lowest BCUT2D eigenvalue weighted by Gasteiger charge is -2.36. The highest BCUT2D eigenvalue weighted by Crippen LogP contribution is 2.38. The topological polar surface area (TPSA) is 55.2 Å². The molecule has 2 aliphatic carbocycles. The van der Waals surface area contributed by atoms with Crippen molar-refractivity contribution in [2.45, 2.75) is 56.9 Å². The average Bonchev–Trinajstić information content (AvgIpc) is 3.31. The van der Waals surface area contributed by atoms with Crippen LogP contribution in [0.25, 0.3) is 0 Å². The Bertz CT molecular complexity index is 623. The van der Waals surface area contributed by atoms with E-state index in [1.165, 1.54) is 19.3 Å². The first-order chi connectivity index (χ1) is 10.7. The first-order valence-electron chi connectivity index (χ1n) is 8.61. The number of carbonyl (C=O) groups excluding carboxylic acids is 1. The SMILES string of the molecule is O=C(C1CCC1)N1CCC(n2nc(C3CC3)ccc2=O)CC1. The smallest absolute Gasteiger partial charge is 0.267 e. The van der Waals surface area contributed by atoms with Gasteiger partial charge in [0.05, 0.1) is 11.7 Å². The summed E-state index contributed by atoms with van der Waals surface area (Å²) in [4.78, 5) is 26.4. The molecule has 0 radical (unpaired) electrons. The number of hydrogen-bond donors (Lipinski definition) is 0. The van der Waals surface area contributed by atoms with Crippen molar-refractivity contribution in [2.75, 3.05) is 13.1 Å².